The number of fused-ring (bicyclic) bond motifs is 1. The topological polar surface area (TPSA) is 68.1 Å². The molecular weight excluding hydrogens is 391 g/mol. The van der Waals surface area contributed by atoms with Crippen LogP contribution >= 0.6 is 0 Å². The molecule has 6 nitrogen and oxygen atoms in total. The van der Waals surface area contributed by atoms with E-state index in [9.17, 15) is 12.8 Å². The summed E-state index contributed by atoms with van der Waals surface area (Å²) in [7, 11) is -3.87. The van der Waals surface area contributed by atoms with Gasteiger partial charge in [0.15, 0.2) is 5.82 Å². The summed E-state index contributed by atoms with van der Waals surface area (Å²) in [6, 6.07) is 12.2. The van der Waals surface area contributed by atoms with Gasteiger partial charge >= 0.3 is 0 Å². The molecule has 0 atom stereocenters. The van der Waals surface area contributed by atoms with Gasteiger partial charge in [-0.25, -0.2) is 12.8 Å². The zero-order valence-corrected chi connectivity index (χ0v) is 17.1. The molecule has 0 fully saturated rings. The van der Waals surface area contributed by atoms with Gasteiger partial charge < -0.3 is 4.57 Å². The second-order valence-corrected chi connectivity index (χ2v) is 9.16. The summed E-state index contributed by atoms with van der Waals surface area (Å²) < 4.78 is 43.7. The minimum Gasteiger partial charge on any atom is -0.313 e. The first-order valence-electron chi connectivity index (χ1n) is 9.71. The summed E-state index contributed by atoms with van der Waals surface area (Å²) in [6.07, 6.45) is 4.03. The van der Waals surface area contributed by atoms with Crippen molar-refractivity contribution in [3.05, 3.63) is 71.6 Å². The van der Waals surface area contributed by atoms with Crippen molar-refractivity contribution >= 4 is 15.7 Å². The lowest BCUT2D eigenvalue weighted by Crippen LogP contribution is -2.32. The monoisotopic (exact) mass is 414 g/mol. The zero-order chi connectivity index (χ0) is 20.4. The summed E-state index contributed by atoms with van der Waals surface area (Å²) in [5.74, 6) is 1.07. The Balaban J connectivity index is 1.76. The molecule has 2 heterocycles. The molecule has 152 valence electrons. The first-order chi connectivity index (χ1) is 13.9. The Morgan fingerprint density at radius 1 is 1.00 bits per heavy atom. The standard InChI is InChI=1S/C21H23FN4O2S/c1-16-6-12-19(13-7-16)29(27,28)26(18-10-8-17(22)9-11-18)15-21-24-23-20-5-3-2-4-14-25(20)21/h6-13H,2-5,14-15H2,1H3. The van der Waals surface area contributed by atoms with Gasteiger partial charge in [0.05, 0.1) is 17.1 Å². The fourth-order valence-corrected chi connectivity index (χ4v) is 4.97. The Bertz CT molecular complexity index is 1090. The number of nitrogens with zero attached hydrogens (tertiary/aromatic N) is 4. The molecule has 1 aromatic heterocycles. The zero-order valence-electron chi connectivity index (χ0n) is 16.3. The summed E-state index contributed by atoms with van der Waals surface area (Å²) in [4.78, 5) is 0.183. The largest absolute Gasteiger partial charge is 0.313 e. The molecule has 29 heavy (non-hydrogen) atoms. The first kappa shape index (κ1) is 19.6. The molecule has 0 saturated carbocycles. The normalized spacial score (nSPS) is 14.3. The van der Waals surface area contributed by atoms with Gasteiger partial charge in [-0.3, -0.25) is 4.31 Å². The highest BCUT2D eigenvalue weighted by Gasteiger charge is 2.28. The Morgan fingerprint density at radius 2 is 1.72 bits per heavy atom. The van der Waals surface area contributed by atoms with Gasteiger partial charge in [-0.2, -0.15) is 0 Å². The van der Waals surface area contributed by atoms with Crippen LogP contribution in [0.2, 0.25) is 0 Å². The van der Waals surface area contributed by atoms with Crippen LogP contribution < -0.4 is 4.31 Å². The number of hydrogen-bond acceptors (Lipinski definition) is 4. The Morgan fingerprint density at radius 3 is 2.45 bits per heavy atom. The maximum absolute atomic E-state index is 13.5. The number of anilines is 1. The van der Waals surface area contributed by atoms with E-state index in [1.54, 1.807) is 24.3 Å². The minimum atomic E-state index is -3.87. The molecule has 0 spiro atoms. The second kappa shape index (κ2) is 7.94. The van der Waals surface area contributed by atoms with Gasteiger partial charge in [0.1, 0.15) is 11.6 Å². The van der Waals surface area contributed by atoms with Crippen molar-refractivity contribution in [1.29, 1.82) is 0 Å². The number of sulfonamides is 1. The lowest BCUT2D eigenvalue weighted by Gasteiger charge is -2.24. The molecule has 4 rings (SSSR count). The number of hydrogen-bond donors (Lipinski definition) is 0. The number of halogens is 1. The Kier molecular flexibility index (Phi) is 5.36. The predicted molar refractivity (Wildman–Crippen MR) is 109 cm³/mol. The summed E-state index contributed by atoms with van der Waals surface area (Å²) in [5, 5.41) is 8.55. The molecular formula is C21H23FN4O2S. The first-order valence-corrected chi connectivity index (χ1v) is 11.1. The highest BCUT2D eigenvalue weighted by atomic mass is 32.2. The van der Waals surface area contributed by atoms with E-state index in [1.165, 1.54) is 28.6 Å². The van der Waals surface area contributed by atoms with Crippen LogP contribution in [0.15, 0.2) is 53.4 Å². The predicted octanol–water partition coefficient (Wildman–Crippen LogP) is 3.85. The van der Waals surface area contributed by atoms with Gasteiger partial charge in [0.2, 0.25) is 0 Å². The fourth-order valence-electron chi connectivity index (χ4n) is 3.55. The number of benzene rings is 2. The van der Waals surface area contributed by atoms with E-state index < -0.39 is 15.8 Å². The van der Waals surface area contributed by atoms with Crippen LogP contribution in [-0.4, -0.2) is 23.2 Å². The van der Waals surface area contributed by atoms with Crippen molar-refractivity contribution < 1.29 is 12.8 Å². The average Bonchev–Trinajstić information content (AvgIpc) is 2.93. The molecule has 0 bridgehead atoms. The summed E-state index contributed by atoms with van der Waals surface area (Å²) in [5.41, 5.74) is 1.36. The molecule has 3 aromatic rings. The van der Waals surface area contributed by atoms with Crippen LogP contribution in [0.1, 0.15) is 36.5 Å². The number of aryl methyl sites for hydroxylation is 2. The summed E-state index contributed by atoms with van der Waals surface area (Å²) >= 11 is 0. The molecule has 0 N–H and O–H groups in total. The van der Waals surface area contributed by atoms with Crippen molar-refractivity contribution in [2.75, 3.05) is 4.31 Å². The van der Waals surface area contributed by atoms with Crippen molar-refractivity contribution in [2.24, 2.45) is 0 Å². The van der Waals surface area contributed by atoms with Gasteiger partial charge in [-0.05, 0) is 56.2 Å². The fraction of sp³-hybridized carbons (Fsp3) is 0.333. The lowest BCUT2D eigenvalue weighted by atomic mass is 10.2. The van der Waals surface area contributed by atoms with Crippen molar-refractivity contribution in [2.45, 2.75) is 50.6 Å². The van der Waals surface area contributed by atoms with Crippen molar-refractivity contribution in [3.63, 3.8) is 0 Å². The smallest absolute Gasteiger partial charge is 0.264 e. The van der Waals surface area contributed by atoms with E-state index in [0.717, 1.165) is 43.6 Å². The Hall–Kier alpha value is -2.74. The van der Waals surface area contributed by atoms with Crippen LogP contribution in [0.4, 0.5) is 10.1 Å². The van der Waals surface area contributed by atoms with E-state index in [0.29, 0.717) is 11.5 Å². The molecule has 2 aromatic carbocycles. The van der Waals surface area contributed by atoms with Crippen LogP contribution in [-0.2, 0) is 29.5 Å². The Labute approximate surface area is 170 Å². The third-order valence-electron chi connectivity index (χ3n) is 5.19. The van der Waals surface area contributed by atoms with Crippen molar-refractivity contribution in [1.82, 2.24) is 14.8 Å². The maximum atomic E-state index is 13.5. The van der Waals surface area contributed by atoms with Gasteiger partial charge in [-0.1, -0.05) is 24.1 Å². The lowest BCUT2D eigenvalue weighted by molar-refractivity contribution is 0.580. The van der Waals surface area contributed by atoms with Crippen LogP contribution in [0.25, 0.3) is 0 Å². The molecule has 0 unspecified atom stereocenters. The van der Waals surface area contributed by atoms with E-state index in [2.05, 4.69) is 10.2 Å². The summed E-state index contributed by atoms with van der Waals surface area (Å²) in [6.45, 7) is 2.72. The third-order valence-corrected chi connectivity index (χ3v) is 6.98. The maximum Gasteiger partial charge on any atom is 0.264 e. The van der Waals surface area contributed by atoms with Crippen LogP contribution in [0, 0.1) is 12.7 Å². The van der Waals surface area contributed by atoms with Gasteiger partial charge in [0, 0.05) is 13.0 Å². The average molecular weight is 415 g/mol. The molecule has 0 aliphatic carbocycles. The quantitative estimate of drug-likeness (QED) is 0.636. The number of aromatic nitrogens is 3. The van der Waals surface area contributed by atoms with E-state index in [1.807, 2.05) is 11.5 Å². The van der Waals surface area contributed by atoms with Gasteiger partial charge in [-0.15, -0.1) is 10.2 Å². The van der Waals surface area contributed by atoms with E-state index in [4.69, 9.17) is 0 Å². The molecule has 1 aliphatic rings. The van der Waals surface area contributed by atoms with Gasteiger partial charge in [0.25, 0.3) is 10.0 Å². The molecule has 0 radical (unpaired) electrons. The van der Waals surface area contributed by atoms with Crippen LogP contribution in [0.3, 0.4) is 0 Å². The highest BCUT2D eigenvalue weighted by Crippen LogP contribution is 2.27. The second-order valence-electron chi connectivity index (χ2n) is 7.30. The van der Waals surface area contributed by atoms with E-state index in [-0.39, 0.29) is 11.4 Å². The molecule has 1 aliphatic heterocycles. The third kappa shape index (κ3) is 4.03. The molecule has 0 amide bonds. The minimum absolute atomic E-state index is 0.0365. The van der Waals surface area contributed by atoms with Crippen molar-refractivity contribution in [3.8, 4) is 0 Å². The number of rotatable bonds is 5. The highest BCUT2D eigenvalue weighted by molar-refractivity contribution is 7.92. The SMILES string of the molecule is Cc1ccc(S(=O)(=O)N(Cc2nnc3n2CCCCC3)c2ccc(F)cc2)cc1. The van der Waals surface area contributed by atoms with Crippen LogP contribution in [0.5, 0.6) is 0 Å². The van der Waals surface area contributed by atoms with E-state index >= 15 is 0 Å². The molecule has 8 heteroatoms. The molecule has 0 saturated heterocycles.